The average Bonchev–Trinajstić information content (AvgIpc) is 2.53. The van der Waals surface area contributed by atoms with E-state index in [1.807, 2.05) is 6.07 Å². The molecule has 1 aromatic carbocycles. The van der Waals surface area contributed by atoms with Crippen molar-refractivity contribution in [3.8, 4) is 0 Å². The Labute approximate surface area is 87.0 Å². The number of rotatable bonds is 2. The Morgan fingerprint density at radius 2 is 2.14 bits per heavy atom. The first-order chi connectivity index (χ1) is 6.92. The van der Waals surface area contributed by atoms with E-state index in [0.717, 1.165) is 10.6 Å². The summed E-state index contributed by atoms with van der Waals surface area (Å²) in [6.45, 7) is 0. The van der Waals surface area contributed by atoms with Crippen LogP contribution in [0.5, 0.6) is 0 Å². The number of thiazole rings is 1. The molecule has 0 aliphatic heterocycles. The van der Waals surface area contributed by atoms with Crippen molar-refractivity contribution >= 4 is 26.7 Å². The Bertz CT molecular complexity index is 412. The zero-order chi connectivity index (χ0) is 9.38. The Morgan fingerprint density at radius 3 is 2.86 bits per heavy atom. The first kappa shape index (κ1) is 8.24. The van der Waals surface area contributed by atoms with Crippen molar-refractivity contribution in [1.29, 1.82) is 0 Å². The Balaban J connectivity index is 1.89. The summed E-state index contributed by atoms with van der Waals surface area (Å²) in [6.07, 6.45) is 3.97. The highest BCUT2D eigenvalue weighted by atomic mass is 32.1. The van der Waals surface area contributed by atoms with Crippen molar-refractivity contribution in [2.45, 2.75) is 25.3 Å². The highest BCUT2D eigenvalue weighted by Crippen LogP contribution is 2.29. The molecule has 0 amide bonds. The summed E-state index contributed by atoms with van der Waals surface area (Å²) >= 11 is 1.75. The molecular weight excluding hydrogens is 192 g/mol. The van der Waals surface area contributed by atoms with E-state index in [1.54, 1.807) is 11.3 Å². The standard InChI is InChI=1S/C11H12N2S/c1-2-7-10-9(6-1)13-11(14-10)12-8-4-3-5-8/h1-2,6-8H,3-5H2,(H,12,13). The van der Waals surface area contributed by atoms with Crippen molar-refractivity contribution in [2.75, 3.05) is 5.32 Å². The molecule has 1 heterocycles. The van der Waals surface area contributed by atoms with Gasteiger partial charge in [-0.05, 0) is 31.4 Å². The third kappa shape index (κ3) is 1.38. The summed E-state index contributed by atoms with van der Waals surface area (Å²) in [6, 6.07) is 8.97. The second-order valence-electron chi connectivity index (χ2n) is 3.76. The first-order valence-electron chi connectivity index (χ1n) is 5.04. The van der Waals surface area contributed by atoms with Crippen LogP contribution in [0.15, 0.2) is 24.3 Å². The van der Waals surface area contributed by atoms with Crippen molar-refractivity contribution in [3.05, 3.63) is 24.3 Å². The van der Waals surface area contributed by atoms with Crippen molar-refractivity contribution in [3.63, 3.8) is 0 Å². The van der Waals surface area contributed by atoms with Crippen LogP contribution in [-0.4, -0.2) is 11.0 Å². The maximum absolute atomic E-state index is 4.54. The molecule has 1 N–H and O–H groups in total. The van der Waals surface area contributed by atoms with Crippen LogP contribution in [0.1, 0.15) is 19.3 Å². The lowest BCUT2D eigenvalue weighted by Gasteiger charge is -2.25. The summed E-state index contributed by atoms with van der Waals surface area (Å²) in [7, 11) is 0. The van der Waals surface area contributed by atoms with Gasteiger partial charge in [0.05, 0.1) is 10.2 Å². The van der Waals surface area contributed by atoms with E-state index in [2.05, 4.69) is 28.5 Å². The average molecular weight is 204 g/mol. The summed E-state index contributed by atoms with van der Waals surface area (Å²) in [5, 5.41) is 4.55. The molecule has 3 heteroatoms. The first-order valence-corrected chi connectivity index (χ1v) is 5.85. The van der Waals surface area contributed by atoms with Gasteiger partial charge in [0.1, 0.15) is 0 Å². The van der Waals surface area contributed by atoms with Gasteiger partial charge in [-0.25, -0.2) is 4.98 Å². The normalized spacial score (nSPS) is 16.9. The fourth-order valence-electron chi connectivity index (χ4n) is 1.66. The molecule has 0 atom stereocenters. The number of aromatic nitrogens is 1. The van der Waals surface area contributed by atoms with Crippen molar-refractivity contribution < 1.29 is 0 Å². The summed E-state index contributed by atoms with van der Waals surface area (Å²) in [5.41, 5.74) is 1.11. The van der Waals surface area contributed by atoms with E-state index in [4.69, 9.17) is 0 Å². The molecule has 0 bridgehead atoms. The molecule has 72 valence electrons. The molecule has 0 unspecified atom stereocenters. The number of hydrogen-bond donors (Lipinski definition) is 1. The maximum atomic E-state index is 4.54. The van der Waals surface area contributed by atoms with Gasteiger partial charge in [-0.15, -0.1) is 0 Å². The van der Waals surface area contributed by atoms with Gasteiger partial charge in [-0.2, -0.15) is 0 Å². The Hall–Kier alpha value is -1.09. The number of nitrogens with zero attached hydrogens (tertiary/aromatic N) is 1. The zero-order valence-corrected chi connectivity index (χ0v) is 8.68. The largest absolute Gasteiger partial charge is 0.359 e. The molecule has 1 aliphatic carbocycles. The van der Waals surface area contributed by atoms with Crippen LogP contribution in [0.25, 0.3) is 10.2 Å². The lowest BCUT2D eigenvalue weighted by Crippen LogP contribution is -2.26. The molecule has 1 saturated carbocycles. The van der Waals surface area contributed by atoms with Crippen LogP contribution in [0, 0.1) is 0 Å². The van der Waals surface area contributed by atoms with E-state index in [-0.39, 0.29) is 0 Å². The Kier molecular flexibility index (Phi) is 1.91. The predicted molar refractivity (Wildman–Crippen MR) is 60.9 cm³/mol. The number of anilines is 1. The molecule has 1 fully saturated rings. The van der Waals surface area contributed by atoms with Gasteiger partial charge in [0.15, 0.2) is 5.13 Å². The third-order valence-electron chi connectivity index (χ3n) is 2.73. The van der Waals surface area contributed by atoms with Crippen LogP contribution in [0.4, 0.5) is 5.13 Å². The van der Waals surface area contributed by atoms with Gasteiger partial charge in [-0.1, -0.05) is 23.5 Å². The van der Waals surface area contributed by atoms with Crippen molar-refractivity contribution in [2.24, 2.45) is 0 Å². The van der Waals surface area contributed by atoms with E-state index < -0.39 is 0 Å². The third-order valence-corrected chi connectivity index (χ3v) is 3.69. The second-order valence-corrected chi connectivity index (χ2v) is 4.79. The monoisotopic (exact) mass is 204 g/mol. The summed E-state index contributed by atoms with van der Waals surface area (Å²) in [4.78, 5) is 4.54. The van der Waals surface area contributed by atoms with Crippen LogP contribution in [-0.2, 0) is 0 Å². The summed E-state index contributed by atoms with van der Waals surface area (Å²) in [5.74, 6) is 0. The number of hydrogen-bond acceptors (Lipinski definition) is 3. The molecule has 2 nitrogen and oxygen atoms in total. The lowest BCUT2D eigenvalue weighted by molar-refractivity contribution is 0.445. The highest BCUT2D eigenvalue weighted by Gasteiger charge is 2.18. The highest BCUT2D eigenvalue weighted by molar-refractivity contribution is 7.22. The lowest BCUT2D eigenvalue weighted by atomic mass is 9.93. The van der Waals surface area contributed by atoms with Crippen LogP contribution < -0.4 is 5.32 Å². The van der Waals surface area contributed by atoms with Gasteiger partial charge in [0.2, 0.25) is 0 Å². The van der Waals surface area contributed by atoms with E-state index in [0.29, 0.717) is 6.04 Å². The van der Waals surface area contributed by atoms with E-state index in [9.17, 15) is 0 Å². The maximum Gasteiger partial charge on any atom is 0.184 e. The minimum absolute atomic E-state index is 0.676. The number of para-hydroxylation sites is 1. The zero-order valence-electron chi connectivity index (χ0n) is 7.86. The topological polar surface area (TPSA) is 24.9 Å². The number of benzene rings is 1. The van der Waals surface area contributed by atoms with Gasteiger partial charge in [0, 0.05) is 6.04 Å². The molecule has 0 radical (unpaired) electrons. The van der Waals surface area contributed by atoms with Crippen LogP contribution in [0.2, 0.25) is 0 Å². The quantitative estimate of drug-likeness (QED) is 0.812. The van der Waals surface area contributed by atoms with E-state index >= 15 is 0 Å². The minimum Gasteiger partial charge on any atom is -0.359 e. The molecule has 1 aromatic heterocycles. The Morgan fingerprint density at radius 1 is 1.29 bits per heavy atom. The SMILES string of the molecule is c1ccc2sc(NC3CCC3)nc2c1. The molecule has 0 spiro atoms. The molecule has 3 rings (SSSR count). The van der Waals surface area contributed by atoms with Gasteiger partial charge in [0.25, 0.3) is 0 Å². The molecule has 1 aliphatic rings. The van der Waals surface area contributed by atoms with Crippen molar-refractivity contribution in [1.82, 2.24) is 4.98 Å². The van der Waals surface area contributed by atoms with Crippen LogP contribution >= 0.6 is 11.3 Å². The molecule has 2 aromatic rings. The van der Waals surface area contributed by atoms with Gasteiger partial charge >= 0.3 is 0 Å². The number of nitrogens with one attached hydrogen (secondary N) is 1. The fraction of sp³-hybridized carbons (Fsp3) is 0.364. The van der Waals surface area contributed by atoms with Crippen LogP contribution in [0.3, 0.4) is 0 Å². The summed E-state index contributed by atoms with van der Waals surface area (Å²) < 4.78 is 1.27. The predicted octanol–water partition coefficient (Wildman–Crippen LogP) is 3.26. The molecule has 0 saturated heterocycles. The van der Waals surface area contributed by atoms with E-state index in [1.165, 1.54) is 24.0 Å². The minimum atomic E-state index is 0.676. The second kappa shape index (κ2) is 3.24. The van der Waals surface area contributed by atoms with Gasteiger partial charge < -0.3 is 5.32 Å². The fourth-order valence-corrected chi connectivity index (χ4v) is 2.60. The molecule has 14 heavy (non-hydrogen) atoms. The smallest absolute Gasteiger partial charge is 0.184 e. The van der Waals surface area contributed by atoms with Gasteiger partial charge in [-0.3, -0.25) is 0 Å². The number of fused-ring (bicyclic) bond motifs is 1. The molecular formula is C11H12N2S.